The summed E-state index contributed by atoms with van der Waals surface area (Å²) in [6, 6.07) is 6.23. The van der Waals surface area contributed by atoms with E-state index in [1.165, 1.54) is 11.3 Å². The zero-order chi connectivity index (χ0) is 17.9. The first-order chi connectivity index (χ1) is 11.3. The van der Waals surface area contributed by atoms with E-state index in [0.29, 0.717) is 5.02 Å². The molecule has 1 N–H and O–H groups in total. The molecular weight excluding hydrogens is 322 g/mol. The van der Waals surface area contributed by atoms with Gasteiger partial charge in [-0.15, -0.1) is 0 Å². The second-order valence-corrected chi connectivity index (χ2v) is 6.96. The molecule has 24 heavy (non-hydrogen) atoms. The minimum absolute atomic E-state index is 0.120. The number of nitrogens with zero attached hydrogens (tertiary/aromatic N) is 2. The maximum atomic E-state index is 6.33. The molecule has 1 unspecified atom stereocenters. The Morgan fingerprint density at radius 2 is 1.96 bits per heavy atom. The molecule has 0 bridgehead atoms. The Morgan fingerprint density at radius 3 is 2.50 bits per heavy atom. The monoisotopic (exact) mass is 349 g/mol. The van der Waals surface area contributed by atoms with E-state index in [1.807, 2.05) is 37.7 Å². The molecule has 0 radical (unpaired) electrons. The highest BCUT2D eigenvalue weighted by molar-refractivity contribution is 6.32. The lowest BCUT2D eigenvalue weighted by Gasteiger charge is -2.17. The highest BCUT2D eigenvalue weighted by Gasteiger charge is 2.12. The number of aryl methyl sites for hydroxylation is 2. The van der Waals surface area contributed by atoms with Crippen LogP contribution >= 0.6 is 11.6 Å². The lowest BCUT2D eigenvalue weighted by molar-refractivity contribution is 0.242. The van der Waals surface area contributed by atoms with Gasteiger partial charge in [0.15, 0.2) is 0 Å². The summed E-state index contributed by atoms with van der Waals surface area (Å²) in [5.74, 6) is 0.740. The van der Waals surface area contributed by atoms with Crippen molar-refractivity contribution >= 4 is 11.6 Å². The molecule has 1 heterocycles. The molecule has 5 heteroatoms. The van der Waals surface area contributed by atoms with E-state index in [9.17, 15) is 0 Å². The number of benzene rings is 1. The molecule has 0 saturated heterocycles. The summed E-state index contributed by atoms with van der Waals surface area (Å²) in [6.07, 6.45) is 1.09. The van der Waals surface area contributed by atoms with Gasteiger partial charge >= 0.3 is 0 Å². The van der Waals surface area contributed by atoms with Crippen molar-refractivity contribution in [3.8, 4) is 5.75 Å². The average Bonchev–Trinajstić information content (AvgIpc) is 2.75. The Morgan fingerprint density at radius 1 is 1.25 bits per heavy atom. The first-order valence-electron chi connectivity index (χ1n) is 8.48. The van der Waals surface area contributed by atoms with Gasteiger partial charge in [-0.25, -0.2) is 0 Å². The fraction of sp³-hybridized carbons (Fsp3) is 0.526. The van der Waals surface area contributed by atoms with E-state index in [1.54, 1.807) is 0 Å². The predicted molar refractivity (Wildman–Crippen MR) is 100 cm³/mol. The summed E-state index contributed by atoms with van der Waals surface area (Å²) in [4.78, 5) is 0. The van der Waals surface area contributed by atoms with Gasteiger partial charge in [0.2, 0.25) is 0 Å². The summed E-state index contributed by atoms with van der Waals surface area (Å²) in [6.45, 7) is 11.2. The van der Waals surface area contributed by atoms with Gasteiger partial charge < -0.3 is 10.1 Å². The Kier molecular flexibility index (Phi) is 6.30. The lowest BCUT2D eigenvalue weighted by Crippen LogP contribution is -2.21. The number of ether oxygens (including phenoxy) is 1. The molecule has 0 spiro atoms. The smallest absolute Gasteiger partial charge is 0.138 e. The standard InChI is InChI=1S/C19H28ClN3O/c1-12(2)24-19-8-7-16(11-18(19)20)13(3)21-10-9-17-14(4)22-23(6)15(17)5/h7-8,11-13,21H,9-10H2,1-6H3. The fourth-order valence-corrected chi connectivity index (χ4v) is 3.08. The first-order valence-corrected chi connectivity index (χ1v) is 8.86. The lowest BCUT2D eigenvalue weighted by atomic mass is 10.1. The molecule has 0 amide bonds. The number of hydrogen-bond acceptors (Lipinski definition) is 3. The van der Waals surface area contributed by atoms with Crippen LogP contribution in [0.3, 0.4) is 0 Å². The van der Waals surface area contributed by atoms with E-state index < -0.39 is 0 Å². The third-order valence-electron chi connectivity index (χ3n) is 4.30. The van der Waals surface area contributed by atoms with Crippen LogP contribution in [0.1, 0.15) is 49.3 Å². The molecular formula is C19H28ClN3O. The normalized spacial score (nSPS) is 12.7. The Labute approximate surface area is 150 Å². The predicted octanol–water partition coefficient (Wildman–Crippen LogP) is 4.37. The molecule has 1 aromatic carbocycles. The number of aromatic nitrogens is 2. The maximum Gasteiger partial charge on any atom is 0.138 e. The third kappa shape index (κ3) is 4.52. The molecule has 132 valence electrons. The molecule has 0 fully saturated rings. The van der Waals surface area contributed by atoms with Crippen molar-refractivity contribution in [2.24, 2.45) is 7.05 Å². The van der Waals surface area contributed by atoms with Crippen molar-refractivity contribution < 1.29 is 4.74 Å². The van der Waals surface area contributed by atoms with E-state index >= 15 is 0 Å². The van der Waals surface area contributed by atoms with Gasteiger partial charge in [0.1, 0.15) is 5.75 Å². The van der Waals surface area contributed by atoms with Gasteiger partial charge in [-0.2, -0.15) is 5.10 Å². The summed E-state index contributed by atoms with van der Waals surface area (Å²) >= 11 is 6.33. The van der Waals surface area contributed by atoms with Crippen molar-refractivity contribution in [1.29, 1.82) is 0 Å². The molecule has 1 atom stereocenters. The molecule has 2 rings (SSSR count). The molecule has 4 nitrogen and oxygen atoms in total. The first kappa shape index (κ1) is 18.8. The molecule has 0 aliphatic carbocycles. The Bertz CT molecular complexity index is 694. The summed E-state index contributed by atoms with van der Waals surface area (Å²) < 4.78 is 7.63. The van der Waals surface area contributed by atoms with Crippen LogP contribution in [-0.2, 0) is 13.5 Å². The minimum atomic E-state index is 0.120. The van der Waals surface area contributed by atoms with Crippen LogP contribution in [0.15, 0.2) is 18.2 Å². The van der Waals surface area contributed by atoms with E-state index in [2.05, 4.69) is 37.3 Å². The quantitative estimate of drug-likeness (QED) is 0.806. The molecule has 0 saturated carbocycles. The summed E-state index contributed by atoms with van der Waals surface area (Å²) in [7, 11) is 1.99. The van der Waals surface area contributed by atoms with Crippen molar-refractivity contribution in [1.82, 2.24) is 15.1 Å². The van der Waals surface area contributed by atoms with Gasteiger partial charge in [0.05, 0.1) is 16.8 Å². The third-order valence-corrected chi connectivity index (χ3v) is 4.60. The zero-order valence-electron chi connectivity index (χ0n) is 15.5. The average molecular weight is 350 g/mol. The number of hydrogen-bond donors (Lipinski definition) is 1. The van der Waals surface area contributed by atoms with E-state index in [4.69, 9.17) is 16.3 Å². The molecule has 0 aliphatic heterocycles. The van der Waals surface area contributed by atoms with Gasteiger partial charge in [0, 0.05) is 18.8 Å². The van der Waals surface area contributed by atoms with Crippen LogP contribution in [-0.4, -0.2) is 22.4 Å². The Balaban J connectivity index is 1.95. The topological polar surface area (TPSA) is 39.1 Å². The Hall–Kier alpha value is -1.52. The molecule has 2 aromatic rings. The van der Waals surface area contributed by atoms with Crippen LogP contribution in [0, 0.1) is 13.8 Å². The van der Waals surface area contributed by atoms with Gasteiger partial charge in [-0.3, -0.25) is 4.68 Å². The van der Waals surface area contributed by atoms with Crippen LogP contribution < -0.4 is 10.1 Å². The number of rotatable bonds is 7. The number of nitrogens with one attached hydrogen (secondary N) is 1. The van der Waals surface area contributed by atoms with E-state index in [-0.39, 0.29) is 12.1 Å². The van der Waals surface area contributed by atoms with Crippen molar-refractivity contribution in [2.75, 3.05) is 6.54 Å². The van der Waals surface area contributed by atoms with Crippen molar-refractivity contribution in [2.45, 2.75) is 53.2 Å². The number of halogens is 1. The second kappa shape index (κ2) is 8.04. The van der Waals surface area contributed by atoms with Crippen molar-refractivity contribution in [3.05, 3.63) is 45.7 Å². The van der Waals surface area contributed by atoms with Gasteiger partial charge in [-0.1, -0.05) is 17.7 Å². The fourth-order valence-electron chi connectivity index (χ4n) is 2.85. The van der Waals surface area contributed by atoms with E-state index in [0.717, 1.165) is 30.0 Å². The largest absolute Gasteiger partial charge is 0.489 e. The second-order valence-electron chi connectivity index (χ2n) is 6.56. The molecule has 1 aromatic heterocycles. The highest BCUT2D eigenvalue weighted by atomic mass is 35.5. The van der Waals surface area contributed by atoms with Crippen LogP contribution in [0.5, 0.6) is 5.75 Å². The van der Waals surface area contributed by atoms with Crippen LogP contribution in [0.25, 0.3) is 0 Å². The SMILES string of the molecule is Cc1nn(C)c(C)c1CCNC(C)c1ccc(OC(C)C)c(Cl)c1. The van der Waals surface area contributed by atoms with Crippen molar-refractivity contribution in [3.63, 3.8) is 0 Å². The summed E-state index contributed by atoms with van der Waals surface area (Å²) in [5.41, 5.74) is 4.84. The van der Waals surface area contributed by atoms with Gasteiger partial charge in [-0.05, 0) is 70.8 Å². The summed E-state index contributed by atoms with van der Waals surface area (Å²) in [5, 5.41) is 8.69. The van der Waals surface area contributed by atoms with Gasteiger partial charge in [0.25, 0.3) is 0 Å². The minimum Gasteiger partial charge on any atom is -0.489 e. The molecule has 0 aliphatic rings. The zero-order valence-corrected chi connectivity index (χ0v) is 16.2. The van der Waals surface area contributed by atoms with Crippen LogP contribution in [0.2, 0.25) is 5.02 Å². The maximum absolute atomic E-state index is 6.33. The highest BCUT2D eigenvalue weighted by Crippen LogP contribution is 2.28. The van der Waals surface area contributed by atoms with Crippen LogP contribution in [0.4, 0.5) is 0 Å².